The third kappa shape index (κ3) is 2.90. The second-order valence-corrected chi connectivity index (χ2v) is 6.51. The minimum atomic E-state index is -0.405. The number of benzene rings is 1. The molecular formula is C15H14IN4O2-. The van der Waals surface area contributed by atoms with E-state index < -0.39 is 5.91 Å². The molecule has 0 saturated heterocycles. The molecule has 6 nitrogen and oxygen atoms in total. The quantitative estimate of drug-likeness (QED) is 0.189. The summed E-state index contributed by atoms with van der Waals surface area (Å²) in [6.45, 7) is 0. The maximum atomic E-state index is 11.5. The first kappa shape index (κ1) is 14.8. The van der Waals surface area contributed by atoms with Crippen LogP contribution in [0.15, 0.2) is 48.9 Å². The van der Waals surface area contributed by atoms with Gasteiger partial charge in [-0.2, -0.15) is 0 Å². The Labute approximate surface area is 137 Å². The number of fused-ring (bicyclic) bond motifs is 1. The number of carbonyl (C=O) groups excluding carboxylic acids is 1. The van der Waals surface area contributed by atoms with E-state index in [4.69, 9.17) is 10.6 Å². The first-order valence-electron chi connectivity index (χ1n) is 6.46. The van der Waals surface area contributed by atoms with Gasteiger partial charge in [0.15, 0.2) is 0 Å². The zero-order valence-corrected chi connectivity index (χ0v) is 13.9. The molecule has 22 heavy (non-hydrogen) atoms. The molecule has 2 aromatic heterocycles. The van der Waals surface area contributed by atoms with Gasteiger partial charge in [-0.15, -0.1) is 0 Å². The van der Waals surface area contributed by atoms with Crippen LogP contribution in [0, 0.1) is 0 Å². The number of nitrogens with two attached hydrogens (primary N) is 1. The standard InChI is InChI=1S/C15H14IN4O2/c1-16-20-5-4-10-6-12(2-3-14(10)20)22-13-7-11(8-18-9-13)15(21)19-17/h2-9H,17H2,1H3,(H,19,21)/q-1. The van der Waals surface area contributed by atoms with Crippen molar-refractivity contribution < 1.29 is 31.0 Å². The molecule has 0 bridgehead atoms. The van der Waals surface area contributed by atoms with Gasteiger partial charge < -0.3 is 0 Å². The summed E-state index contributed by atoms with van der Waals surface area (Å²) in [6, 6.07) is 9.59. The van der Waals surface area contributed by atoms with E-state index in [0.717, 1.165) is 5.39 Å². The molecule has 3 N–H and O–H groups in total. The third-order valence-electron chi connectivity index (χ3n) is 3.14. The maximum absolute atomic E-state index is 11.5. The number of hydrogen-bond acceptors (Lipinski definition) is 4. The number of pyridine rings is 1. The molecule has 0 aliphatic heterocycles. The Morgan fingerprint density at radius 1 is 1.27 bits per heavy atom. The van der Waals surface area contributed by atoms with Gasteiger partial charge in [0.2, 0.25) is 0 Å². The molecule has 0 aliphatic carbocycles. The van der Waals surface area contributed by atoms with E-state index in [0.29, 0.717) is 17.1 Å². The summed E-state index contributed by atoms with van der Waals surface area (Å²) in [5.74, 6) is 5.90. The van der Waals surface area contributed by atoms with Gasteiger partial charge in [-0.05, 0) is 0 Å². The number of amides is 1. The third-order valence-corrected chi connectivity index (χ3v) is 5.02. The number of nitrogens with one attached hydrogen (secondary N) is 1. The number of aromatic nitrogens is 2. The number of hydrogen-bond donors (Lipinski definition) is 2. The Hall–Kier alpha value is -2.13. The first-order chi connectivity index (χ1) is 10.7. The molecule has 114 valence electrons. The first-order valence-corrected chi connectivity index (χ1v) is 9.58. The molecule has 0 aliphatic rings. The molecule has 0 unspecified atom stereocenters. The molecule has 0 spiro atoms. The van der Waals surface area contributed by atoms with Crippen molar-refractivity contribution in [2.45, 2.75) is 0 Å². The summed E-state index contributed by atoms with van der Waals surface area (Å²) in [6.07, 6.45) is 5.08. The molecule has 3 aromatic rings. The van der Waals surface area contributed by atoms with Crippen LogP contribution in [0.3, 0.4) is 0 Å². The van der Waals surface area contributed by atoms with Crippen LogP contribution in [-0.4, -0.2) is 18.6 Å². The molecule has 1 amide bonds. The van der Waals surface area contributed by atoms with Gasteiger partial charge in [0.1, 0.15) is 0 Å². The molecule has 0 fully saturated rings. The van der Waals surface area contributed by atoms with E-state index in [9.17, 15) is 4.79 Å². The molecule has 1 aromatic carbocycles. The molecular weight excluding hydrogens is 395 g/mol. The predicted molar refractivity (Wildman–Crippen MR) is 79.2 cm³/mol. The van der Waals surface area contributed by atoms with E-state index in [-0.39, 0.29) is 21.5 Å². The van der Waals surface area contributed by atoms with Gasteiger partial charge in [0.05, 0.1) is 0 Å². The van der Waals surface area contributed by atoms with Crippen molar-refractivity contribution in [1.82, 2.24) is 13.2 Å². The number of nitrogens with zero attached hydrogens (tertiary/aromatic N) is 2. The van der Waals surface area contributed by atoms with E-state index >= 15 is 0 Å². The van der Waals surface area contributed by atoms with E-state index in [2.05, 4.69) is 30.4 Å². The van der Waals surface area contributed by atoms with E-state index in [1.54, 1.807) is 12.3 Å². The average molecular weight is 409 g/mol. The second-order valence-electron chi connectivity index (χ2n) is 4.50. The number of ether oxygens (including phenoxy) is 1. The summed E-state index contributed by atoms with van der Waals surface area (Å²) >= 11 is -0.0187. The molecule has 0 saturated carbocycles. The van der Waals surface area contributed by atoms with Crippen LogP contribution >= 0.6 is 0 Å². The van der Waals surface area contributed by atoms with Crippen LogP contribution in [0.1, 0.15) is 10.4 Å². The van der Waals surface area contributed by atoms with Crippen molar-refractivity contribution in [3.63, 3.8) is 0 Å². The number of rotatable bonds is 4. The fourth-order valence-corrected chi connectivity index (χ4v) is 3.56. The predicted octanol–water partition coefficient (Wildman–Crippen LogP) is -1.09. The van der Waals surface area contributed by atoms with Crippen LogP contribution in [0.25, 0.3) is 10.9 Å². The van der Waals surface area contributed by atoms with Crippen molar-refractivity contribution in [3.8, 4) is 11.5 Å². The average Bonchev–Trinajstić information content (AvgIpc) is 2.96. The number of carbonyl (C=O) groups is 1. The van der Waals surface area contributed by atoms with Gasteiger partial charge in [0, 0.05) is 0 Å². The Morgan fingerprint density at radius 3 is 2.91 bits per heavy atom. The van der Waals surface area contributed by atoms with E-state index in [1.165, 1.54) is 11.7 Å². The molecule has 2 heterocycles. The summed E-state index contributed by atoms with van der Waals surface area (Å²) in [5, 5.41) is 1.13. The summed E-state index contributed by atoms with van der Waals surface area (Å²) in [4.78, 5) is 17.7. The van der Waals surface area contributed by atoms with Crippen molar-refractivity contribution in [3.05, 3.63) is 54.5 Å². The Balaban J connectivity index is 1.88. The van der Waals surface area contributed by atoms with Gasteiger partial charge in [-0.1, -0.05) is 0 Å². The fourth-order valence-electron chi connectivity index (χ4n) is 2.12. The van der Waals surface area contributed by atoms with Crippen LogP contribution < -0.4 is 37.5 Å². The van der Waals surface area contributed by atoms with Crippen molar-refractivity contribution in [2.75, 3.05) is 4.93 Å². The van der Waals surface area contributed by atoms with Crippen molar-refractivity contribution >= 4 is 16.8 Å². The van der Waals surface area contributed by atoms with Gasteiger partial charge in [0.25, 0.3) is 0 Å². The molecule has 0 radical (unpaired) electrons. The molecule has 0 atom stereocenters. The fraction of sp³-hybridized carbons (Fsp3) is 0.0667. The Morgan fingerprint density at radius 2 is 2.14 bits per heavy atom. The Bertz CT molecular complexity index is 831. The summed E-state index contributed by atoms with van der Waals surface area (Å²) < 4.78 is 8.05. The van der Waals surface area contributed by atoms with Crippen LogP contribution in [0.5, 0.6) is 11.5 Å². The van der Waals surface area contributed by atoms with Crippen molar-refractivity contribution in [1.29, 1.82) is 0 Å². The van der Waals surface area contributed by atoms with Crippen molar-refractivity contribution in [2.24, 2.45) is 5.84 Å². The summed E-state index contributed by atoms with van der Waals surface area (Å²) in [5.41, 5.74) is 3.63. The summed E-state index contributed by atoms with van der Waals surface area (Å²) in [7, 11) is 0. The van der Waals surface area contributed by atoms with Crippen LogP contribution in [0.4, 0.5) is 0 Å². The normalized spacial score (nSPS) is 10.8. The monoisotopic (exact) mass is 409 g/mol. The molecule has 3 rings (SSSR count). The van der Waals surface area contributed by atoms with Gasteiger partial charge in [-0.3, -0.25) is 0 Å². The zero-order valence-electron chi connectivity index (χ0n) is 11.8. The Kier molecular flexibility index (Phi) is 4.25. The molecule has 7 heteroatoms. The SMILES string of the molecule is C[I-]n1ccc2cc(Oc3cncc(C(=O)NN)c3)ccc21. The van der Waals surface area contributed by atoms with Crippen LogP contribution in [0.2, 0.25) is 0 Å². The van der Waals surface area contributed by atoms with Crippen LogP contribution in [-0.2, 0) is 0 Å². The zero-order chi connectivity index (χ0) is 15.5. The topological polar surface area (TPSA) is 82.2 Å². The number of hydrazine groups is 1. The van der Waals surface area contributed by atoms with E-state index in [1.807, 2.05) is 18.2 Å². The number of alkyl halides is 1. The van der Waals surface area contributed by atoms with Gasteiger partial charge in [-0.25, -0.2) is 0 Å². The number of halogens is 1. The second kappa shape index (κ2) is 6.32. The van der Waals surface area contributed by atoms with Gasteiger partial charge >= 0.3 is 138 Å². The minimum absolute atomic E-state index is 0.0187. The number of nitrogen functional groups attached to an aromatic ring is 1.